The topological polar surface area (TPSA) is 43.6 Å². The van der Waals surface area contributed by atoms with Crippen LogP contribution >= 0.6 is 0 Å². The second-order valence-electron chi connectivity index (χ2n) is 15.6. The Kier molecular flexibility index (Phi) is 8.13. The molecule has 0 N–H and O–H groups in total. The van der Waals surface area contributed by atoms with E-state index in [1.165, 1.54) is 38.1 Å². The van der Waals surface area contributed by atoms with Crippen LogP contribution in [0.5, 0.6) is 0 Å². The van der Waals surface area contributed by atoms with E-state index in [0.29, 0.717) is 5.82 Å². The van der Waals surface area contributed by atoms with E-state index >= 15 is 0 Å². The average Bonchev–Trinajstić information content (AvgIpc) is 3.70. The van der Waals surface area contributed by atoms with Gasteiger partial charge in [-0.3, -0.25) is 0 Å². The highest BCUT2D eigenvalue weighted by molar-refractivity contribution is 6.25. The van der Waals surface area contributed by atoms with Crippen molar-refractivity contribution >= 4 is 54.3 Å². The summed E-state index contributed by atoms with van der Waals surface area (Å²) in [6.07, 6.45) is 0. The SMILES string of the molecule is c1ccc(-c2ccc(-c3cc(-c4ccc(-n5c6ccccc6c6c(-c7cc8ccccc8c8ccccc78)nc7ccccc7c65)cc4)nc(-c4ccccc4)n3)cc2)cc1. The molecule has 0 saturated carbocycles. The highest BCUT2D eigenvalue weighted by atomic mass is 15.0. The Morgan fingerprint density at radius 1 is 0.344 bits per heavy atom. The van der Waals surface area contributed by atoms with Gasteiger partial charge in [0.2, 0.25) is 0 Å². The van der Waals surface area contributed by atoms with Crippen LogP contribution in [0.1, 0.15) is 0 Å². The predicted octanol–water partition coefficient (Wildman–Crippen LogP) is 14.8. The first kappa shape index (κ1) is 34.8. The van der Waals surface area contributed by atoms with Crippen molar-refractivity contribution in [2.75, 3.05) is 0 Å². The number of benzene rings is 9. The van der Waals surface area contributed by atoms with E-state index in [9.17, 15) is 0 Å². The third kappa shape index (κ3) is 5.88. The molecular formula is C57H36N4. The van der Waals surface area contributed by atoms with E-state index in [1.807, 2.05) is 24.3 Å². The van der Waals surface area contributed by atoms with Crippen molar-refractivity contribution in [2.45, 2.75) is 0 Å². The van der Waals surface area contributed by atoms with Gasteiger partial charge in [0.1, 0.15) is 0 Å². The Labute approximate surface area is 352 Å². The summed E-state index contributed by atoms with van der Waals surface area (Å²) in [5, 5.41) is 8.28. The van der Waals surface area contributed by atoms with E-state index in [2.05, 4.69) is 199 Å². The lowest BCUT2D eigenvalue weighted by Crippen LogP contribution is -1.98. The molecule has 9 aromatic carbocycles. The quantitative estimate of drug-likeness (QED) is 0.158. The highest BCUT2D eigenvalue weighted by Gasteiger charge is 2.22. The van der Waals surface area contributed by atoms with Gasteiger partial charge in [-0.05, 0) is 69.1 Å². The largest absolute Gasteiger partial charge is 0.308 e. The van der Waals surface area contributed by atoms with Crippen molar-refractivity contribution in [2.24, 2.45) is 0 Å². The Balaban J connectivity index is 1.04. The molecule has 0 radical (unpaired) electrons. The molecule has 3 aromatic heterocycles. The lowest BCUT2D eigenvalue weighted by molar-refractivity contribution is 1.17. The number of pyridine rings is 1. The van der Waals surface area contributed by atoms with Gasteiger partial charge in [0, 0.05) is 44.1 Å². The minimum Gasteiger partial charge on any atom is -0.308 e. The number of nitrogens with zero attached hydrogens (tertiary/aromatic N) is 4. The normalized spacial score (nSPS) is 11.6. The van der Waals surface area contributed by atoms with Gasteiger partial charge in [0.15, 0.2) is 5.82 Å². The van der Waals surface area contributed by atoms with Crippen LogP contribution in [0, 0.1) is 0 Å². The second kappa shape index (κ2) is 14.3. The van der Waals surface area contributed by atoms with Gasteiger partial charge in [-0.2, -0.15) is 0 Å². The molecule has 0 unspecified atom stereocenters. The van der Waals surface area contributed by atoms with E-state index in [1.54, 1.807) is 0 Å². The molecule has 0 amide bonds. The Hall–Kier alpha value is -8.21. The molecule has 0 spiro atoms. The second-order valence-corrected chi connectivity index (χ2v) is 15.6. The summed E-state index contributed by atoms with van der Waals surface area (Å²) in [6, 6.07) is 77.3. The fourth-order valence-electron chi connectivity index (χ4n) is 9.10. The molecule has 0 atom stereocenters. The van der Waals surface area contributed by atoms with E-state index in [-0.39, 0.29) is 0 Å². The molecule has 3 heterocycles. The van der Waals surface area contributed by atoms with Gasteiger partial charge in [0.25, 0.3) is 0 Å². The minimum absolute atomic E-state index is 0.694. The molecule has 0 aliphatic heterocycles. The van der Waals surface area contributed by atoms with Crippen molar-refractivity contribution in [3.63, 3.8) is 0 Å². The lowest BCUT2D eigenvalue weighted by Gasteiger charge is -2.15. The van der Waals surface area contributed by atoms with Crippen LogP contribution in [0.3, 0.4) is 0 Å². The molecular weight excluding hydrogens is 741 g/mol. The van der Waals surface area contributed by atoms with Gasteiger partial charge in [-0.15, -0.1) is 0 Å². The summed E-state index contributed by atoms with van der Waals surface area (Å²) in [6.45, 7) is 0. The number of hydrogen-bond donors (Lipinski definition) is 0. The van der Waals surface area contributed by atoms with Gasteiger partial charge in [-0.1, -0.05) is 182 Å². The molecule has 0 bridgehead atoms. The van der Waals surface area contributed by atoms with Crippen LogP contribution in [0.2, 0.25) is 0 Å². The zero-order valence-electron chi connectivity index (χ0n) is 33.1. The summed E-state index contributed by atoms with van der Waals surface area (Å²) in [5.74, 6) is 0.694. The molecule has 284 valence electrons. The van der Waals surface area contributed by atoms with Crippen LogP contribution in [0.25, 0.3) is 116 Å². The van der Waals surface area contributed by atoms with E-state index in [4.69, 9.17) is 15.0 Å². The zero-order valence-corrected chi connectivity index (χ0v) is 33.1. The molecule has 12 rings (SSSR count). The zero-order chi connectivity index (χ0) is 40.3. The fourth-order valence-corrected chi connectivity index (χ4v) is 9.10. The third-order valence-electron chi connectivity index (χ3n) is 12.0. The maximum Gasteiger partial charge on any atom is 0.160 e. The summed E-state index contributed by atoms with van der Waals surface area (Å²) in [4.78, 5) is 15.8. The van der Waals surface area contributed by atoms with Gasteiger partial charge in [-0.25, -0.2) is 15.0 Å². The summed E-state index contributed by atoms with van der Waals surface area (Å²) < 4.78 is 2.42. The van der Waals surface area contributed by atoms with Crippen LogP contribution in [-0.2, 0) is 0 Å². The minimum atomic E-state index is 0.694. The molecule has 0 fully saturated rings. The van der Waals surface area contributed by atoms with Crippen LogP contribution in [0.15, 0.2) is 218 Å². The first-order valence-corrected chi connectivity index (χ1v) is 20.7. The molecule has 0 aliphatic rings. The monoisotopic (exact) mass is 776 g/mol. The Morgan fingerprint density at radius 3 is 1.59 bits per heavy atom. The lowest BCUT2D eigenvalue weighted by atomic mass is 9.93. The molecule has 12 aromatic rings. The van der Waals surface area contributed by atoms with Crippen LogP contribution in [-0.4, -0.2) is 19.5 Å². The molecule has 61 heavy (non-hydrogen) atoms. The summed E-state index contributed by atoms with van der Waals surface area (Å²) in [7, 11) is 0. The first-order chi connectivity index (χ1) is 30.2. The van der Waals surface area contributed by atoms with E-state index < -0.39 is 0 Å². The fraction of sp³-hybridized carbons (Fsp3) is 0. The molecule has 0 aliphatic carbocycles. The maximum absolute atomic E-state index is 5.50. The number of aromatic nitrogens is 4. The Morgan fingerprint density at radius 2 is 0.869 bits per heavy atom. The summed E-state index contributed by atoms with van der Waals surface area (Å²) >= 11 is 0. The maximum atomic E-state index is 5.50. The molecule has 4 nitrogen and oxygen atoms in total. The van der Waals surface area contributed by atoms with Crippen molar-refractivity contribution < 1.29 is 0 Å². The predicted molar refractivity (Wildman–Crippen MR) is 254 cm³/mol. The van der Waals surface area contributed by atoms with Crippen molar-refractivity contribution in [1.29, 1.82) is 0 Å². The first-order valence-electron chi connectivity index (χ1n) is 20.7. The standard InChI is InChI=1S/C57H36N4/c1-3-15-37(16-4-1)38-27-29-39(30-28-38)51-36-52(60-57(59-51)41-17-5-2-6-18-41)40-31-33-43(34-32-40)61-53-26-14-12-24-48(53)54-55(58-50-25-13-11-23-47(50)56(54)61)49-35-42-19-7-8-20-44(42)45-21-9-10-22-46(45)49/h1-36H. The molecule has 4 heteroatoms. The van der Waals surface area contributed by atoms with Crippen molar-refractivity contribution in [3.05, 3.63) is 218 Å². The highest BCUT2D eigenvalue weighted by Crippen LogP contribution is 2.44. The van der Waals surface area contributed by atoms with Gasteiger partial charge < -0.3 is 4.57 Å². The van der Waals surface area contributed by atoms with Crippen LogP contribution < -0.4 is 0 Å². The van der Waals surface area contributed by atoms with E-state index in [0.717, 1.165) is 72.3 Å². The average molecular weight is 777 g/mol. The summed E-state index contributed by atoms with van der Waals surface area (Å²) in [5.41, 5.74) is 13.5. The number of para-hydroxylation sites is 2. The van der Waals surface area contributed by atoms with Gasteiger partial charge in [0.05, 0.1) is 33.6 Å². The Bertz CT molecular complexity index is 3610. The molecule has 0 saturated heterocycles. The third-order valence-corrected chi connectivity index (χ3v) is 12.0. The number of fused-ring (bicyclic) bond motifs is 8. The number of rotatable bonds is 6. The smallest absolute Gasteiger partial charge is 0.160 e. The number of hydrogen-bond acceptors (Lipinski definition) is 3. The van der Waals surface area contributed by atoms with Crippen LogP contribution in [0.4, 0.5) is 0 Å². The van der Waals surface area contributed by atoms with Crippen molar-refractivity contribution in [1.82, 2.24) is 19.5 Å². The van der Waals surface area contributed by atoms with Crippen molar-refractivity contribution in [3.8, 4) is 62.0 Å². The van der Waals surface area contributed by atoms with Gasteiger partial charge >= 0.3 is 0 Å².